The van der Waals surface area contributed by atoms with Crippen molar-refractivity contribution in [3.8, 4) is 0 Å². The van der Waals surface area contributed by atoms with Gasteiger partial charge in [0.05, 0.1) is 57.3 Å². The lowest BCUT2D eigenvalue weighted by atomic mass is 9.88. The summed E-state index contributed by atoms with van der Waals surface area (Å²) >= 11 is 0. The topological polar surface area (TPSA) is 491 Å². The first-order chi connectivity index (χ1) is 36.6. The van der Waals surface area contributed by atoms with Gasteiger partial charge in [-0.1, -0.05) is 12.5 Å². The van der Waals surface area contributed by atoms with E-state index in [4.69, 9.17) is 37.9 Å². The molecule has 18 N–H and O–H groups in total. The predicted octanol–water partition coefficient (Wildman–Crippen LogP) is -8.96. The number of alkyl halides is 3. The Morgan fingerprint density at radius 1 is 0.731 bits per heavy atom. The van der Waals surface area contributed by atoms with Crippen LogP contribution in [0.15, 0.2) is 12.7 Å². The fourth-order valence-corrected chi connectivity index (χ4v) is 8.93. The lowest BCUT2D eigenvalue weighted by Gasteiger charge is -2.52. The number of aliphatic hydroxyl groups excluding tert-OH is 13. The van der Waals surface area contributed by atoms with Crippen LogP contribution in [0.5, 0.6) is 0 Å². The molecule has 31 nitrogen and oxygen atoms in total. The number of aliphatic hydroxyl groups is 13. The van der Waals surface area contributed by atoms with Crippen LogP contribution in [0, 0.1) is 0 Å². The van der Waals surface area contributed by atoms with E-state index < -0.39 is 216 Å². The predicted molar refractivity (Wildman–Crippen MR) is 244 cm³/mol. The van der Waals surface area contributed by atoms with Crippen LogP contribution >= 0.6 is 0 Å². The van der Waals surface area contributed by atoms with Gasteiger partial charge in [-0.25, -0.2) is 4.79 Å². The second kappa shape index (κ2) is 29.7. The quantitative estimate of drug-likeness (QED) is 0.0268. The number of ether oxygens (including phenoxy) is 8. The van der Waals surface area contributed by atoms with Gasteiger partial charge in [-0.15, -0.1) is 6.58 Å². The molecular formula is C44H71F3N4O27. The highest BCUT2D eigenvalue weighted by Gasteiger charge is 2.61. The van der Waals surface area contributed by atoms with Crippen LogP contribution in [0.4, 0.5) is 13.2 Å². The smallest absolute Gasteiger partial charge is 0.471 e. The first kappa shape index (κ1) is 66.6. The minimum Gasteiger partial charge on any atom is -0.477 e. The van der Waals surface area contributed by atoms with Crippen molar-refractivity contribution in [2.24, 2.45) is 0 Å². The number of hydrogen-bond acceptors (Lipinski definition) is 26. The molecule has 4 aliphatic rings. The fraction of sp³-hybridized carbons (Fsp3) is 0.841. The second-order valence-corrected chi connectivity index (χ2v) is 18.8. The van der Waals surface area contributed by atoms with E-state index in [1.807, 2.05) is 0 Å². The number of hydrogen-bond donors (Lipinski definition) is 18. The van der Waals surface area contributed by atoms with Crippen LogP contribution in [0.25, 0.3) is 0 Å². The van der Waals surface area contributed by atoms with Crippen molar-refractivity contribution in [2.75, 3.05) is 39.6 Å². The highest BCUT2D eigenvalue weighted by Crippen LogP contribution is 2.40. The number of aliphatic carboxylic acids is 1. The van der Waals surface area contributed by atoms with Crippen LogP contribution in [-0.4, -0.2) is 287 Å². The van der Waals surface area contributed by atoms with Gasteiger partial charge in [-0.2, -0.15) is 13.2 Å². The van der Waals surface area contributed by atoms with Gasteiger partial charge in [0.1, 0.15) is 91.5 Å². The summed E-state index contributed by atoms with van der Waals surface area (Å²) in [6, 6.07) is -4.81. The Labute approximate surface area is 441 Å². The zero-order valence-electron chi connectivity index (χ0n) is 42.0. The summed E-state index contributed by atoms with van der Waals surface area (Å²) in [7, 11) is 0. The largest absolute Gasteiger partial charge is 0.477 e. The molecule has 0 saturated carbocycles. The highest BCUT2D eigenvalue weighted by atomic mass is 19.4. The van der Waals surface area contributed by atoms with Crippen molar-refractivity contribution in [3.63, 3.8) is 0 Å². The Morgan fingerprint density at radius 3 is 1.87 bits per heavy atom. The number of carboxylic acid groups (broad SMARTS) is 1. The standard InChI is InChI=1S/C44H71F3N4O27/c1-4-19(58)18(51-25(61)8-6-5-7-9-48-41(68)44(45,46)47)15-71-39-32(66)31(65)34(23(13-54)73-39)75-40-33(67)37(35(24(14-55)74-40)76-38-27(50-17(3)57)30(64)29(63)22(12-53)72-38)78-43(42(69)70)10-20(59)26(49-16(2)56)36(77-43)28(62)21(60)11-52/h4,18-24,26-40,52-55,58-60,62-67H,1,5-15H2,2-3H3,(H,48,68)(H,49,56)(H,50,57)(H,51,61)(H,69,70)/t18-,19+,20-,21+,22+,23+,24+,26+,27+,28+,29-,30+,31+,32+,33+,34+,35-,36+,37+,38-,39+,40-,43-/m0/s1. The average molecular weight is 1150 g/mol. The van der Waals surface area contributed by atoms with Crippen LogP contribution < -0.4 is 21.3 Å². The van der Waals surface area contributed by atoms with Crippen LogP contribution in [0.1, 0.15) is 46.0 Å². The van der Waals surface area contributed by atoms with E-state index in [0.29, 0.717) is 0 Å². The third kappa shape index (κ3) is 16.8. The van der Waals surface area contributed by atoms with Gasteiger partial charge in [0.15, 0.2) is 18.9 Å². The molecule has 78 heavy (non-hydrogen) atoms. The Balaban J connectivity index is 1.63. The van der Waals surface area contributed by atoms with Gasteiger partial charge in [0.2, 0.25) is 17.7 Å². The lowest BCUT2D eigenvalue weighted by molar-refractivity contribution is -0.401. The SMILES string of the molecule is C=C[C@@H](O)[C@H](CO[C@@H]1O[C@H](CO)[C@@H](O[C@@H]2O[C@H](CO)[C@H](O[C@@H]3O[C@H](CO)[C@H](O)[C@H](O)[C@H]3NC(C)=O)[C@H](O[C@]3(C(=O)O)C[C@H](O)[C@@H](NC(C)=O)[C@H]([C@H](O)[C@H](O)CO)O3)[C@H]2O)[C@H](O)[C@H]1O)NC(=O)CCCCCNC(=O)C(F)(F)F. The number of carbonyl (C=O) groups excluding carboxylic acids is 4. The maximum Gasteiger partial charge on any atom is 0.471 e. The molecule has 34 heteroatoms. The molecule has 0 aromatic rings. The van der Waals surface area contributed by atoms with Crippen molar-refractivity contribution in [3.05, 3.63) is 12.7 Å². The van der Waals surface area contributed by atoms with E-state index in [1.165, 1.54) is 0 Å². The van der Waals surface area contributed by atoms with Crippen LogP contribution in [-0.2, 0) is 61.9 Å². The molecule has 4 rings (SSSR count). The molecule has 0 spiro atoms. The molecule has 4 heterocycles. The summed E-state index contributed by atoms with van der Waals surface area (Å²) in [6.45, 7) is -0.0712. The van der Waals surface area contributed by atoms with Gasteiger partial charge in [-0.3, -0.25) is 19.2 Å². The molecule has 4 aliphatic heterocycles. The Bertz CT molecular complexity index is 1970. The minimum absolute atomic E-state index is 0.0885. The summed E-state index contributed by atoms with van der Waals surface area (Å²) in [5.74, 6) is -9.98. The molecule has 450 valence electrons. The van der Waals surface area contributed by atoms with Crippen molar-refractivity contribution < 1.29 is 147 Å². The lowest BCUT2D eigenvalue weighted by Crippen LogP contribution is -2.72. The molecule has 4 amide bonds. The normalized spacial score (nSPS) is 37.0. The molecule has 23 atom stereocenters. The first-order valence-electron chi connectivity index (χ1n) is 24.4. The number of carboxylic acids is 1. The second-order valence-electron chi connectivity index (χ2n) is 18.8. The third-order valence-electron chi connectivity index (χ3n) is 13.0. The number of unbranched alkanes of at least 4 members (excludes halogenated alkanes) is 2. The third-order valence-corrected chi connectivity index (χ3v) is 13.0. The molecule has 4 saturated heterocycles. The van der Waals surface area contributed by atoms with E-state index in [9.17, 15) is 109 Å². The highest BCUT2D eigenvalue weighted by molar-refractivity contribution is 5.81. The average Bonchev–Trinajstić information content (AvgIpc) is 3.50. The molecule has 4 fully saturated rings. The summed E-state index contributed by atoms with van der Waals surface area (Å²) < 4.78 is 83.7. The number of amides is 4. The summed E-state index contributed by atoms with van der Waals surface area (Å²) in [4.78, 5) is 61.6. The van der Waals surface area contributed by atoms with Crippen LogP contribution in [0.3, 0.4) is 0 Å². The number of rotatable bonds is 27. The summed E-state index contributed by atoms with van der Waals surface area (Å²) in [5, 5.41) is 160. The van der Waals surface area contributed by atoms with Crippen LogP contribution in [0.2, 0.25) is 0 Å². The van der Waals surface area contributed by atoms with Gasteiger partial charge in [-0.05, 0) is 12.8 Å². The number of nitrogens with one attached hydrogen (secondary N) is 4. The van der Waals surface area contributed by atoms with E-state index in [1.54, 1.807) is 5.32 Å². The maximum absolute atomic E-state index is 13.4. The molecule has 0 unspecified atom stereocenters. The van der Waals surface area contributed by atoms with Crippen molar-refractivity contribution in [1.82, 2.24) is 21.3 Å². The fourth-order valence-electron chi connectivity index (χ4n) is 8.93. The molecule has 0 aromatic heterocycles. The van der Waals surface area contributed by atoms with Gasteiger partial charge < -0.3 is 131 Å². The molecule has 0 aromatic carbocycles. The molecule has 0 aliphatic carbocycles. The molecule has 0 radical (unpaired) electrons. The van der Waals surface area contributed by atoms with Crippen molar-refractivity contribution in [1.29, 1.82) is 0 Å². The van der Waals surface area contributed by atoms with Gasteiger partial charge in [0, 0.05) is 33.2 Å². The Kier molecular flexibility index (Phi) is 25.3. The van der Waals surface area contributed by atoms with E-state index in [-0.39, 0.29) is 32.2 Å². The molecule has 0 bridgehead atoms. The minimum atomic E-state index is -5.07. The Morgan fingerprint density at radius 2 is 1.31 bits per heavy atom. The maximum atomic E-state index is 13.4. The number of carbonyl (C=O) groups is 5. The first-order valence-corrected chi connectivity index (χ1v) is 24.4. The Hall–Kier alpha value is -3.96. The van der Waals surface area contributed by atoms with E-state index in [2.05, 4.69) is 22.5 Å². The van der Waals surface area contributed by atoms with Gasteiger partial charge >= 0.3 is 18.1 Å². The zero-order chi connectivity index (χ0) is 58.6. The van der Waals surface area contributed by atoms with E-state index in [0.717, 1.165) is 19.9 Å². The van der Waals surface area contributed by atoms with Crippen molar-refractivity contribution >= 4 is 29.6 Å². The number of halogens is 3. The van der Waals surface area contributed by atoms with Crippen molar-refractivity contribution in [2.45, 2.75) is 193 Å². The summed E-state index contributed by atoms with van der Waals surface area (Å²) in [6.07, 6.45) is -44.2. The monoisotopic (exact) mass is 1140 g/mol. The van der Waals surface area contributed by atoms with E-state index >= 15 is 0 Å². The van der Waals surface area contributed by atoms with Gasteiger partial charge in [0.25, 0.3) is 5.79 Å². The molecular weight excluding hydrogens is 1070 g/mol. The zero-order valence-corrected chi connectivity index (χ0v) is 42.0. The summed E-state index contributed by atoms with van der Waals surface area (Å²) in [5.41, 5.74) is 0.